The Bertz CT molecular complexity index is 1470. The number of likely N-dealkylation sites (N-methyl/N-ethyl adjacent to an activating group) is 1. The number of hydrogen-bond acceptors (Lipinski definition) is 5. The Morgan fingerprint density at radius 3 is 2.24 bits per heavy atom. The zero-order chi connectivity index (χ0) is 30.0. The van der Waals surface area contributed by atoms with Gasteiger partial charge in [0.2, 0.25) is 5.91 Å². The second-order valence-electron chi connectivity index (χ2n) is 10.5. The Labute approximate surface area is 251 Å². The van der Waals surface area contributed by atoms with Gasteiger partial charge in [0, 0.05) is 45.1 Å². The third-order valence-corrected chi connectivity index (χ3v) is 8.59. The summed E-state index contributed by atoms with van der Waals surface area (Å²) < 4.78 is 32.0. The molecule has 0 spiro atoms. The number of likely N-dealkylation sites (tertiary alicyclic amines) is 2. The predicted octanol–water partition coefficient (Wildman–Crippen LogP) is 5.64. The number of amides is 3. The summed E-state index contributed by atoms with van der Waals surface area (Å²) >= 11 is 12.5. The number of carbonyl (C=O) groups is 3. The number of ether oxygens (including phenoxy) is 1. The van der Waals surface area contributed by atoms with Crippen molar-refractivity contribution in [3.8, 4) is 5.75 Å². The molecule has 0 radical (unpaired) electrons. The van der Waals surface area contributed by atoms with Crippen molar-refractivity contribution in [1.82, 2.24) is 19.7 Å². The lowest BCUT2D eigenvalue weighted by Crippen LogP contribution is -2.46. The molecule has 42 heavy (non-hydrogen) atoms. The van der Waals surface area contributed by atoms with E-state index in [1.807, 2.05) is 6.07 Å². The van der Waals surface area contributed by atoms with E-state index < -0.39 is 23.8 Å². The SMILES string of the molecule is CN(C(=O)Oc1ccc(F)cc1)C1CN(C(=O)C2CCN(C(=O)c3ccc(F)cn3)CC2)CC1c1ccc(Cl)c(Cl)c1. The van der Waals surface area contributed by atoms with Gasteiger partial charge in [0.15, 0.2) is 0 Å². The van der Waals surface area contributed by atoms with E-state index in [2.05, 4.69) is 4.98 Å². The molecular weight excluding hydrogens is 589 g/mol. The minimum atomic E-state index is -0.646. The summed E-state index contributed by atoms with van der Waals surface area (Å²) in [6.45, 7) is 1.34. The van der Waals surface area contributed by atoms with Crippen molar-refractivity contribution >= 4 is 41.1 Å². The van der Waals surface area contributed by atoms with E-state index in [0.29, 0.717) is 42.5 Å². The molecule has 5 rings (SSSR count). The molecule has 12 heteroatoms. The average Bonchev–Trinajstić information content (AvgIpc) is 3.44. The molecule has 2 fully saturated rings. The lowest BCUT2D eigenvalue weighted by Gasteiger charge is -2.33. The van der Waals surface area contributed by atoms with Crippen LogP contribution in [0.15, 0.2) is 60.8 Å². The molecule has 3 amide bonds. The molecule has 3 aromatic rings. The van der Waals surface area contributed by atoms with E-state index in [1.54, 1.807) is 29.0 Å². The highest BCUT2D eigenvalue weighted by molar-refractivity contribution is 6.42. The van der Waals surface area contributed by atoms with E-state index in [4.69, 9.17) is 27.9 Å². The minimum Gasteiger partial charge on any atom is -0.410 e. The second-order valence-corrected chi connectivity index (χ2v) is 11.3. The van der Waals surface area contributed by atoms with E-state index in [-0.39, 0.29) is 41.6 Å². The summed E-state index contributed by atoms with van der Waals surface area (Å²) in [4.78, 5) is 48.2. The molecule has 2 unspecified atom stereocenters. The second kappa shape index (κ2) is 12.6. The smallest absolute Gasteiger partial charge is 0.410 e. The zero-order valence-electron chi connectivity index (χ0n) is 22.7. The van der Waals surface area contributed by atoms with Crippen molar-refractivity contribution < 1.29 is 27.9 Å². The van der Waals surface area contributed by atoms with Gasteiger partial charge in [-0.3, -0.25) is 9.59 Å². The Morgan fingerprint density at radius 1 is 0.905 bits per heavy atom. The first kappa shape index (κ1) is 29.7. The van der Waals surface area contributed by atoms with Crippen molar-refractivity contribution in [2.24, 2.45) is 5.92 Å². The van der Waals surface area contributed by atoms with E-state index in [1.165, 1.54) is 41.3 Å². The Morgan fingerprint density at radius 2 is 1.60 bits per heavy atom. The summed E-state index contributed by atoms with van der Waals surface area (Å²) in [6, 6.07) is 12.5. The van der Waals surface area contributed by atoms with Gasteiger partial charge in [0.05, 0.1) is 22.3 Å². The third-order valence-electron chi connectivity index (χ3n) is 7.85. The molecule has 0 bridgehead atoms. The van der Waals surface area contributed by atoms with Crippen LogP contribution in [0, 0.1) is 17.6 Å². The van der Waals surface area contributed by atoms with Gasteiger partial charge in [0.1, 0.15) is 23.1 Å². The van der Waals surface area contributed by atoms with Crippen LogP contribution in [0.1, 0.15) is 34.8 Å². The zero-order valence-corrected chi connectivity index (χ0v) is 24.2. The maximum Gasteiger partial charge on any atom is 0.415 e. The molecule has 2 aliphatic rings. The number of halogens is 4. The van der Waals surface area contributed by atoms with Gasteiger partial charge in [-0.2, -0.15) is 0 Å². The number of benzene rings is 2. The molecule has 2 aliphatic heterocycles. The third kappa shape index (κ3) is 6.50. The maximum atomic E-state index is 13.7. The molecule has 8 nitrogen and oxygen atoms in total. The van der Waals surface area contributed by atoms with Gasteiger partial charge < -0.3 is 19.4 Å². The first-order valence-electron chi connectivity index (χ1n) is 13.5. The summed E-state index contributed by atoms with van der Waals surface area (Å²) in [5, 5.41) is 0.756. The average molecular weight is 617 g/mol. The van der Waals surface area contributed by atoms with Crippen LogP contribution in [0.4, 0.5) is 13.6 Å². The molecular formula is C30H28Cl2F2N4O4. The topological polar surface area (TPSA) is 83.0 Å². The van der Waals surface area contributed by atoms with Crippen molar-refractivity contribution in [3.63, 3.8) is 0 Å². The Kier molecular flexibility index (Phi) is 8.93. The Balaban J connectivity index is 1.28. The molecule has 2 saturated heterocycles. The summed E-state index contributed by atoms with van der Waals surface area (Å²) in [5.74, 6) is -1.72. The molecule has 0 N–H and O–H groups in total. The van der Waals surface area contributed by atoms with Crippen LogP contribution >= 0.6 is 23.2 Å². The van der Waals surface area contributed by atoms with Crippen LogP contribution in [-0.4, -0.2) is 76.9 Å². The maximum absolute atomic E-state index is 13.7. The molecule has 2 atom stereocenters. The number of hydrogen-bond donors (Lipinski definition) is 0. The molecule has 1 aromatic heterocycles. The fourth-order valence-electron chi connectivity index (χ4n) is 5.49. The van der Waals surface area contributed by atoms with Gasteiger partial charge in [-0.05, 0) is 66.9 Å². The molecule has 3 heterocycles. The van der Waals surface area contributed by atoms with E-state index in [9.17, 15) is 23.2 Å². The van der Waals surface area contributed by atoms with Gasteiger partial charge in [-0.1, -0.05) is 29.3 Å². The summed E-state index contributed by atoms with van der Waals surface area (Å²) in [7, 11) is 1.60. The van der Waals surface area contributed by atoms with E-state index in [0.717, 1.165) is 11.8 Å². The lowest BCUT2D eigenvalue weighted by atomic mass is 9.93. The van der Waals surface area contributed by atoms with Gasteiger partial charge in [-0.15, -0.1) is 0 Å². The van der Waals surface area contributed by atoms with Gasteiger partial charge in [0.25, 0.3) is 5.91 Å². The van der Waals surface area contributed by atoms with Crippen LogP contribution in [0.25, 0.3) is 0 Å². The van der Waals surface area contributed by atoms with Crippen molar-refractivity contribution in [3.05, 3.63) is 93.7 Å². The monoisotopic (exact) mass is 616 g/mol. The van der Waals surface area contributed by atoms with Gasteiger partial charge >= 0.3 is 6.09 Å². The van der Waals surface area contributed by atoms with Crippen LogP contribution < -0.4 is 4.74 Å². The molecule has 220 valence electrons. The molecule has 0 saturated carbocycles. The van der Waals surface area contributed by atoms with Crippen LogP contribution in [0.2, 0.25) is 10.0 Å². The number of carbonyl (C=O) groups excluding carboxylic acids is 3. The van der Waals surface area contributed by atoms with Crippen molar-refractivity contribution in [1.29, 1.82) is 0 Å². The normalized spacial score (nSPS) is 19.1. The van der Waals surface area contributed by atoms with Crippen LogP contribution in [0.3, 0.4) is 0 Å². The first-order valence-corrected chi connectivity index (χ1v) is 14.2. The lowest BCUT2D eigenvalue weighted by molar-refractivity contribution is -0.136. The molecule has 2 aromatic carbocycles. The number of pyridine rings is 1. The first-order chi connectivity index (χ1) is 20.1. The van der Waals surface area contributed by atoms with Crippen LogP contribution in [0.5, 0.6) is 5.75 Å². The highest BCUT2D eigenvalue weighted by atomic mass is 35.5. The summed E-state index contributed by atoms with van der Waals surface area (Å²) in [5.41, 5.74) is 0.974. The predicted molar refractivity (Wildman–Crippen MR) is 153 cm³/mol. The fraction of sp³-hybridized carbons (Fsp3) is 0.333. The quantitative estimate of drug-likeness (QED) is 0.370. The largest absolute Gasteiger partial charge is 0.415 e. The highest BCUT2D eigenvalue weighted by Gasteiger charge is 2.43. The fourth-order valence-corrected chi connectivity index (χ4v) is 5.80. The number of nitrogens with zero attached hydrogens (tertiary/aromatic N) is 4. The number of piperidine rings is 1. The minimum absolute atomic E-state index is 0.0603. The number of rotatable bonds is 5. The van der Waals surface area contributed by atoms with Crippen LogP contribution in [-0.2, 0) is 4.79 Å². The van der Waals surface area contributed by atoms with Gasteiger partial charge in [-0.25, -0.2) is 18.6 Å². The summed E-state index contributed by atoms with van der Waals surface area (Å²) in [6.07, 6.45) is 1.29. The van der Waals surface area contributed by atoms with Crippen molar-refractivity contribution in [2.45, 2.75) is 24.8 Å². The van der Waals surface area contributed by atoms with E-state index >= 15 is 0 Å². The highest BCUT2D eigenvalue weighted by Crippen LogP contribution is 2.36. The number of aromatic nitrogens is 1. The Hall–Kier alpha value is -3.76. The molecule has 0 aliphatic carbocycles. The van der Waals surface area contributed by atoms with Crippen molar-refractivity contribution in [2.75, 3.05) is 33.2 Å². The standard InChI is InChI=1S/C30H28Cl2F2N4O4/c1-36(30(41)42-22-6-3-20(33)4-7-22)27-17-38(16-23(27)19-2-8-24(31)25(32)14-19)28(39)18-10-12-37(13-11-18)29(40)26-9-5-21(34)15-35-26/h2-9,14-15,18,23,27H,10-13,16-17H2,1H3.